The van der Waals surface area contributed by atoms with Crippen molar-refractivity contribution in [2.75, 3.05) is 27.2 Å². The van der Waals surface area contributed by atoms with Crippen LogP contribution < -0.4 is 0 Å². The predicted octanol–water partition coefficient (Wildman–Crippen LogP) is 1.33. The Morgan fingerprint density at radius 1 is 1.35 bits per heavy atom. The lowest BCUT2D eigenvalue weighted by Gasteiger charge is -2.27. The molecule has 0 unspecified atom stereocenters. The molecule has 6 heteroatoms. The zero-order valence-electron chi connectivity index (χ0n) is 11.7. The van der Waals surface area contributed by atoms with E-state index >= 15 is 0 Å². The molecule has 1 aliphatic rings. The molecule has 1 fully saturated rings. The Hall–Kier alpha value is -1.95. The first kappa shape index (κ1) is 13.1. The van der Waals surface area contributed by atoms with Crippen LogP contribution in [0.3, 0.4) is 0 Å². The van der Waals surface area contributed by atoms with Crippen LogP contribution in [0.5, 0.6) is 0 Å². The Morgan fingerprint density at radius 3 is 2.80 bits per heavy atom. The van der Waals surface area contributed by atoms with Crippen LogP contribution in [0.25, 0.3) is 5.65 Å². The molecule has 0 amide bonds. The van der Waals surface area contributed by atoms with Gasteiger partial charge < -0.3 is 9.64 Å². The number of piperidine rings is 1. The lowest BCUT2D eigenvalue weighted by molar-refractivity contribution is 0.0602. The fourth-order valence-electron chi connectivity index (χ4n) is 2.75. The minimum atomic E-state index is -0.377. The maximum Gasteiger partial charge on any atom is 0.341 e. The molecule has 20 heavy (non-hydrogen) atoms. The van der Waals surface area contributed by atoms with E-state index in [0.29, 0.717) is 17.1 Å². The van der Waals surface area contributed by atoms with Crippen LogP contribution in [0.4, 0.5) is 0 Å². The highest BCUT2D eigenvalue weighted by molar-refractivity contribution is 5.95. The summed E-state index contributed by atoms with van der Waals surface area (Å²) in [4.78, 5) is 14.1. The van der Waals surface area contributed by atoms with E-state index in [4.69, 9.17) is 4.74 Å². The third-order valence-electron chi connectivity index (χ3n) is 3.95. The Labute approximate surface area is 117 Å². The first-order chi connectivity index (χ1) is 9.70. The smallest absolute Gasteiger partial charge is 0.341 e. The monoisotopic (exact) mass is 274 g/mol. The van der Waals surface area contributed by atoms with Crippen molar-refractivity contribution in [1.29, 1.82) is 0 Å². The zero-order chi connectivity index (χ0) is 14.1. The molecule has 0 spiro atoms. The van der Waals surface area contributed by atoms with Gasteiger partial charge in [-0.15, -0.1) is 10.2 Å². The summed E-state index contributed by atoms with van der Waals surface area (Å²) in [5, 5.41) is 8.49. The molecule has 0 saturated carbocycles. The summed E-state index contributed by atoms with van der Waals surface area (Å²) < 4.78 is 6.71. The largest absolute Gasteiger partial charge is 0.465 e. The van der Waals surface area contributed by atoms with Gasteiger partial charge in [-0.2, -0.15) is 0 Å². The minimum Gasteiger partial charge on any atom is -0.465 e. The molecule has 0 atom stereocenters. The quantitative estimate of drug-likeness (QED) is 0.773. The van der Waals surface area contributed by atoms with Gasteiger partial charge in [0, 0.05) is 12.1 Å². The fourth-order valence-corrected chi connectivity index (χ4v) is 2.75. The molecule has 106 valence electrons. The van der Waals surface area contributed by atoms with Gasteiger partial charge in [-0.1, -0.05) is 0 Å². The van der Waals surface area contributed by atoms with Gasteiger partial charge in [-0.05, 0) is 45.1 Å². The SMILES string of the molecule is COC(=O)c1cccn2c(C3CCN(C)CC3)nnc12. The number of pyridine rings is 1. The summed E-state index contributed by atoms with van der Waals surface area (Å²) in [6.45, 7) is 2.13. The summed E-state index contributed by atoms with van der Waals surface area (Å²) in [7, 11) is 3.51. The van der Waals surface area contributed by atoms with Crippen molar-refractivity contribution in [2.24, 2.45) is 0 Å². The summed E-state index contributed by atoms with van der Waals surface area (Å²) in [5.41, 5.74) is 1.04. The molecule has 0 radical (unpaired) electrons. The zero-order valence-corrected chi connectivity index (χ0v) is 11.7. The van der Waals surface area contributed by atoms with Gasteiger partial charge in [0.15, 0.2) is 5.65 Å². The van der Waals surface area contributed by atoms with Crippen molar-refractivity contribution < 1.29 is 9.53 Å². The number of esters is 1. The van der Waals surface area contributed by atoms with Crippen molar-refractivity contribution >= 4 is 11.6 Å². The number of hydrogen-bond donors (Lipinski definition) is 0. The fraction of sp³-hybridized carbons (Fsp3) is 0.500. The number of likely N-dealkylation sites (tertiary alicyclic amines) is 1. The highest BCUT2D eigenvalue weighted by atomic mass is 16.5. The maximum absolute atomic E-state index is 11.7. The van der Waals surface area contributed by atoms with Gasteiger partial charge in [-0.3, -0.25) is 4.40 Å². The first-order valence-electron chi connectivity index (χ1n) is 6.81. The van der Waals surface area contributed by atoms with Gasteiger partial charge in [-0.25, -0.2) is 4.79 Å². The molecule has 3 rings (SSSR count). The third kappa shape index (κ3) is 2.16. The van der Waals surface area contributed by atoms with E-state index in [1.807, 2.05) is 16.7 Å². The molecule has 2 aromatic heterocycles. The van der Waals surface area contributed by atoms with E-state index in [0.717, 1.165) is 31.8 Å². The van der Waals surface area contributed by atoms with Crippen LogP contribution in [0.2, 0.25) is 0 Å². The van der Waals surface area contributed by atoms with Gasteiger partial charge in [0.1, 0.15) is 11.4 Å². The number of aromatic nitrogens is 3. The number of carbonyl (C=O) groups is 1. The number of nitrogens with zero attached hydrogens (tertiary/aromatic N) is 4. The van der Waals surface area contributed by atoms with Crippen LogP contribution >= 0.6 is 0 Å². The van der Waals surface area contributed by atoms with E-state index in [1.54, 1.807) is 6.07 Å². The number of methoxy groups -OCH3 is 1. The lowest BCUT2D eigenvalue weighted by atomic mass is 9.96. The number of fused-ring (bicyclic) bond motifs is 1. The van der Waals surface area contributed by atoms with Crippen molar-refractivity contribution in [1.82, 2.24) is 19.5 Å². The topological polar surface area (TPSA) is 59.7 Å². The van der Waals surface area contributed by atoms with E-state index in [2.05, 4.69) is 22.1 Å². The van der Waals surface area contributed by atoms with E-state index in [9.17, 15) is 4.79 Å². The van der Waals surface area contributed by atoms with Crippen LogP contribution in [0.15, 0.2) is 18.3 Å². The highest BCUT2D eigenvalue weighted by Crippen LogP contribution is 2.27. The van der Waals surface area contributed by atoms with Crippen LogP contribution in [-0.2, 0) is 4.74 Å². The molecule has 3 heterocycles. The Morgan fingerprint density at radius 2 is 2.10 bits per heavy atom. The summed E-state index contributed by atoms with van der Waals surface area (Å²) >= 11 is 0. The minimum absolute atomic E-state index is 0.377. The number of hydrogen-bond acceptors (Lipinski definition) is 5. The van der Waals surface area contributed by atoms with Crippen molar-refractivity contribution in [3.63, 3.8) is 0 Å². The van der Waals surface area contributed by atoms with Gasteiger partial charge in [0.05, 0.1) is 7.11 Å². The van der Waals surface area contributed by atoms with Gasteiger partial charge >= 0.3 is 5.97 Å². The molecule has 1 saturated heterocycles. The average Bonchev–Trinajstić information content (AvgIpc) is 2.91. The Balaban J connectivity index is 1.99. The second kappa shape index (κ2) is 5.20. The number of ether oxygens (including phenoxy) is 1. The van der Waals surface area contributed by atoms with E-state index in [-0.39, 0.29) is 5.97 Å². The second-order valence-corrected chi connectivity index (χ2v) is 5.24. The van der Waals surface area contributed by atoms with Crippen LogP contribution in [0, 0.1) is 0 Å². The lowest BCUT2D eigenvalue weighted by Crippen LogP contribution is -2.30. The van der Waals surface area contributed by atoms with Crippen molar-refractivity contribution in [3.8, 4) is 0 Å². The molecule has 0 N–H and O–H groups in total. The third-order valence-corrected chi connectivity index (χ3v) is 3.95. The average molecular weight is 274 g/mol. The maximum atomic E-state index is 11.7. The Kier molecular flexibility index (Phi) is 3.40. The normalized spacial score (nSPS) is 17.5. The number of carbonyl (C=O) groups excluding carboxylic acids is 1. The summed E-state index contributed by atoms with van der Waals surface area (Å²) in [6.07, 6.45) is 4.05. The molecular weight excluding hydrogens is 256 g/mol. The molecule has 0 bridgehead atoms. The van der Waals surface area contributed by atoms with Gasteiger partial charge in [0.25, 0.3) is 0 Å². The first-order valence-corrected chi connectivity index (χ1v) is 6.81. The molecule has 2 aromatic rings. The van der Waals surface area contributed by atoms with E-state index in [1.165, 1.54) is 7.11 Å². The molecule has 6 nitrogen and oxygen atoms in total. The molecule has 1 aliphatic heterocycles. The molecule has 0 aliphatic carbocycles. The standard InChI is InChI=1S/C14H18N4O2/c1-17-8-5-10(6-9-17)12-15-16-13-11(14(19)20-2)4-3-7-18(12)13/h3-4,7,10H,5-6,8-9H2,1-2H3. The van der Waals surface area contributed by atoms with E-state index < -0.39 is 0 Å². The van der Waals surface area contributed by atoms with Crippen LogP contribution in [0.1, 0.15) is 34.9 Å². The van der Waals surface area contributed by atoms with Gasteiger partial charge in [0.2, 0.25) is 0 Å². The predicted molar refractivity (Wildman–Crippen MR) is 73.8 cm³/mol. The molecular formula is C14H18N4O2. The highest BCUT2D eigenvalue weighted by Gasteiger charge is 2.24. The molecule has 0 aromatic carbocycles. The van der Waals surface area contributed by atoms with Crippen LogP contribution in [-0.4, -0.2) is 52.7 Å². The Bertz CT molecular complexity index is 629. The van der Waals surface area contributed by atoms with Crippen molar-refractivity contribution in [3.05, 3.63) is 29.7 Å². The summed E-state index contributed by atoms with van der Waals surface area (Å²) in [5.74, 6) is 0.964. The second-order valence-electron chi connectivity index (χ2n) is 5.24. The van der Waals surface area contributed by atoms with Crippen molar-refractivity contribution in [2.45, 2.75) is 18.8 Å². The summed E-state index contributed by atoms with van der Waals surface area (Å²) in [6, 6.07) is 3.55. The number of rotatable bonds is 2.